The Morgan fingerprint density at radius 1 is 1.11 bits per heavy atom. The first-order valence-electron chi connectivity index (χ1n) is 11.6. The number of carbonyl (C=O) groups is 1. The van der Waals surface area contributed by atoms with Crippen LogP contribution in [-0.2, 0) is 4.79 Å². The zero-order chi connectivity index (χ0) is 24.9. The van der Waals surface area contributed by atoms with E-state index in [0.717, 1.165) is 54.5 Å². The molecule has 0 spiro atoms. The van der Waals surface area contributed by atoms with Gasteiger partial charge in [0.25, 0.3) is 5.56 Å². The maximum atomic E-state index is 14.3. The maximum absolute atomic E-state index is 14.3. The van der Waals surface area contributed by atoms with Crippen LogP contribution in [0, 0.1) is 17.5 Å². The van der Waals surface area contributed by atoms with Gasteiger partial charge < -0.3 is 15.6 Å². The summed E-state index contributed by atoms with van der Waals surface area (Å²) >= 11 is 0. The quantitative estimate of drug-likeness (QED) is 0.499. The summed E-state index contributed by atoms with van der Waals surface area (Å²) in [6, 6.07) is 4.74. The molecule has 35 heavy (non-hydrogen) atoms. The number of nitrogens with one attached hydrogen (secondary N) is 3. The van der Waals surface area contributed by atoms with E-state index in [4.69, 9.17) is 0 Å². The summed E-state index contributed by atoms with van der Waals surface area (Å²) in [6.45, 7) is 1.53. The predicted molar refractivity (Wildman–Crippen MR) is 123 cm³/mol. The highest BCUT2D eigenvalue weighted by Crippen LogP contribution is 2.42. The van der Waals surface area contributed by atoms with Crippen molar-refractivity contribution < 1.29 is 18.0 Å². The monoisotopic (exact) mass is 486 g/mol. The van der Waals surface area contributed by atoms with Crippen LogP contribution >= 0.6 is 0 Å². The Morgan fingerprint density at radius 2 is 1.80 bits per heavy atom. The zero-order valence-corrected chi connectivity index (χ0v) is 19.0. The number of rotatable bonds is 6. The summed E-state index contributed by atoms with van der Waals surface area (Å²) < 4.78 is 42.4. The minimum Gasteiger partial charge on any atom is -0.348 e. The number of fused-ring (bicyclic) bond motifs is 3. The van der Waals surface area contributed by atoms with Gasteiger partial charge in [-0.05, 0) is 63.3 Å². The first-order valence-corrected chi connectivity index (χ1v) is 11.6. The first kappa shape index (κ1) is 23.3. The maximum Gasteiger partial charge on any atom is 0.329 e. The highest BCUT2D eigenvalue weighted by Gasteiger charge is 2.47. The second kappa shape index (κ2) is 8.67. The molecule has 2 bridgehead atoms. The number of halogens is 3. The van der Waals surface area contributed by atoms with Crippen molar-refractivity contribution in [2.75, 3.05) is 0 Å². The molecule has 3 heterocycles. The average molecular weight is 486 g/mol. The van der Waals surface area contributed by atoms with E-state index >= 15 is 0 Å². The summed E-state index contributed by atoms with van der Waals surface area (Å²) in [6.07, 6.45) is 3.61. The van der Waals surface area contributed by atoms with Crippen LogP contribution in [0.5, 0.6) is 0 Å². The predicted octanol–water partition coefficient (Wildman–Crippen LogP) is 3.20. The summed E-state index contributed by atoms with van der Waals surface area (Å²) in [5.74, 6) is -2.87. The molecule has 3 N–H and O–H groups in total. The molecule has 0 unspecified atom stereocenters. The molecule has 2 atom stereocenters. The highest BCUT2D eigenvalue weighted by molar-refractivity contribution is 5.82. The van der Waals surface area contributed by atoms with Crippen LogP contribution in [0.4, 0.5) is 13.2 Å². The number of H-pyrrole nitrogens is 1. The molecule has 7 nitrogen and oxygen atoms in total. The molecule has 1 aromatic heterocycles. The van der Waals surface area contributed by atoms with Crippen molar-refractivity contribution in [1.82, 2.24) is 20.2 Å². The van der Waals surface area contributed by atoms with Gasteiger partial charge in [0.15, 0.2) is 0 Å². The van der Waals surface area contributed by atoms with E-state index in [1.165, 1.54) is 19.1 Å². The lowest BCUT2D eigenvalue weighted by Crippen LogP contribution is -2.49. The van der Waals surface area contributed by atoms with Gasteiger partial charge >= 0.3 is 5.69 Å². The standard InChI is InChI=1S/C25H25F3N4O3/c1-13(17-4-2-15(27)11-19(17)28)29-22(33)21(12-25-8-6-16(31-25)7-9-25)32-23(34)18-10-14(26)3-5-20(18)30-24(32)35/h2-5,10-11,13,16,21,31H,6-9,12H2,1H3,(H,29,33)(H,30,35)/t13-,16?,21-,25?/m0/s1. The summed E-state index contributed by atoms with van der Waals surface area (Å²) in [7, 11) is 0. The lowest BCUT2D eigenvalue weighted by Gasteiger charge is -2.31. The fourth-order valence-electron chi connectivity index (χ4n) is 5.55. The zero-order valence-electron chi connectivity index (χ0n) is 19.0. The topological polar surface area (TPSA) is 96.0 Å². The van der Waals surface area contributed by atoms with Gasteiger partial charge in [-0.1, -0.05) is 6.07 Å². The molecule has 3 aromatic rings. The van der Waals surface area contributed by atoms with Crippen LogP contribution in [0.1, 0.15) is 56.7 Å². The van der Waals surface area contributed by atoms with Crippen molar-refractivity contribution in [2.24, 2.45) is 0 Å². The number of hydrogen-bond donors (Lipinski definition) is 3. The van der Waals surface area contributed by atoms with E-state index in [-0.39, 0.29) is 22.9 Å². The van der Waals surface area contributed by atoms with Gasteiger partial charge in [0, 0.05) is 23.2 Å². The van der Waals surface area contributed by atoms with Gasteiger partial charge in [0.2, 0.25) is 5.91 Å². The number of nitrogens with zero attached hydrogens (tertiary/aromatic N) is 1. The van der Waals surface area contributed by atoms with Gasteiger partial charge in [-0.25, -0.2) is 22.5 Å². The molecule has 0 aliphatic carbocycles. The Bertz CT molecular complexity index is 1430. The molecule has 2 aliphatic heterocycles. The normalized spacial score (nSPS) is 22.9. The molecule has 2 fully saturated rings. The van der Waals surface area contributed by atoms with Crippen LogP contribution < -0.4 is 21.9 Å². The van der Waals surface area contributed by atoms with E-state index < -0.39 is 52.2 Å². The van der Waals surface area contributed by atoms with E-state index in [9.17, 15) is 27.6 Å². The number of amides is 1. The lowest BCUT2D eigenvalue weighted by molar-refractivity contribution is -0.126. The summed E-state index contributed by atoms with van der Waals surface area (Å²) in [5, 5.41) is 6.14. The largest absolute Gasteiger partial charge is 0.348 e. The molecule has 10 heteroatoms. The third-order valence-corrected chi connectivity index (χ3v) is 7.33. The fourth-order valence-corrected chi connectivity index (χ4v) is 5.55. The third-order valence-electron chi connectivity index (χ3n) is 7.33. The van der Waals surface area contributed by atoms with Crippen LogP contribution in [-0.4, -0.2) is 27.0 Å². The molecule has 184 valence electrons. The number of carbonyl (C=O) groups excluding carboxylic acids is 1. The number of hydrogen-bond acceptors (Lipinski definition) is 4. The molecule has 2 aromatic carbocycles. The Morgan fingerprint density at radius 3 is 2.46 bits per heavy atom. The lowest BCUT2D eigenvalue weighted by atomic mass is 9.82. The van der Waals surface area contributed by atoms with E-state index in [0.29, 0.717) is 6.04 Å². The average Bonchev–Trinajstić information content (AvgIpc) is 3.40. The molecular formula is C25H25F3N4O3. The van der Waals surface area contributed by atoms with E-state index in [2.05, 4.69) is 15.6 Å². The van der Waals surface area contributed by atoms with Crippen molar-refractivity contribution in [3.63, 3.8) is 0 Å². The minimum atomic E-state index is -1.23. The van der Waals surface area contributed by atoms with Gasteiger partial charge in [-0.3, -0.25) is 9.59 Å². The van der Waals surface area contributed by atoms with Gasteiger partial charge in [-0.2, -0.15) is 0 Å². The number of aromatic amines is 1. The Kier molecular flexibility index (Phi) is 5.79. The smallest absolute Gasteiger partial charge is 0.329 e. The van der Waals surface area contributed by atoms with Crippen molar-refractivity contribution in [2.45, 2.75) is 62.7 Å². The van der Waals surface area contributed by atoms with Crippen LogP contribution in [0.3, 0.4) is 0 Å². The number of benzene rings is 2. The molecule has 1 amide bonds. The first-order chi connectivity index (χ1) is 16.7. The van der Waals surface area contributed by atoms with Crippen molar-refractivity contribution in [1.29, 1.82) is 0 Å². The Labute approximate surface area is 198 Å². The summed E-state index contributed by atoms with van der Waals surface area (Å²) in [4.78, 5) is 42.5. The molecule has 2 saturated heterocycles. The van der Waals surface area contributed by atoms with Crippen molar-refractivity contribution in [3.8, 4) is 0 Å². The fraction of sp³-hybridized carbons (Fsp3) is 0.400. The minimum absolute atomic E-state index is 0.0544. The SMILES string of the molecule is C[C@H](NC(=O)[C@H](CC12CCC(CC1)N2)n1c(=O)[nH]c2ccc(F)cc2c1=O)c1ccc(F)cc1F. The molecule has 2 aliphatic rings. The Balaban J connectivity index is 1.55. The van der Waals surface area contributed by atoms with Gasteiger partial charge in [-0.15, -0.1) is 0 Å². The van der Waals surface area contributed by atoms with Gasteiger partial charge in [0.05, 0.1) is 16.9 Å². The second-order valence-corrected chi connectivity index (χ2v) is 9.61. The van der Waals surface area contributed by atoms with E-state index in [1.807, 2.05) is 0 Å². The number of aromatic nitrogens is 2. The van der Waals surface area contributed by atoms with E-state index in [1.54, 1.807) is 0 Å². The van der Waals surface area contributed by atoms with Crippen LogP contribution in [0.2, 0.25) is 0 Å². The molecule has 0 saturated carbocycles. The van der Waals surface area contributed by atoms with Crippen LogP contribution in [0.15, 0.2) is 46.0 Å². The molecule has 5 rings (SSSR count). The van der Waals surface area contributed by atoms with Gasteiger partial charge in [0.1, 0.15) is 23.5 Å². The Hall–Kier alpha value is -3.40. The second-order valence-electron chi connectivity index (χ2n) is 9.61. The molecule has 0 radical (unpaired) electrons. The van der Waals surface area contributed by atoms with Crippen molar-refractivity contribution in [3.05, 3.63) is 80.3 Å². The highest BCUT2D eigenvalue weighted by atomic mass is 19.1. The molecular weight excluding hydrogens is 461 g/mol. The summed E-state index contributed by atoms with van der Waals surface area (Å²) in [5.41, 5.74) is -1.76. The van der Waals surface area contributed by atoms with Crippen LogP contribution in [0.25, 0.3) is 10.9 Å². The van der Waals surface area contributed by atoms with Crippen molar-refractivity contribution >= 4 is 16.8 Å². The third kappa shape index (κ3) is 4.27.